The molecule has 0 fully saturated rings. The summed E-state index contributed by atoms with van der Waals surface area (Å²) in [4.78, 5) is 14.3. The highest BCUT2D eigenvalue weighted by molar-refractivity contribution is 5.97. The van der Waals surface area contributed by atoms with E-state index in [1.54, 1.807) is 24.3 Å². The van der Waals surface area contributed by atoms with Crippen molar-refractivity contribution in [3.05, 3.63) is 59.9 Å². The number of fused-ring (bicyclic) bond motifs is 1. The Morgan fingerprint density at radius 2 is 1.79 bits per heavy atom. The minimum absolute atomic E-state index is 0.268. The van der Waals surface area contributed by atoms with Gasteiger partial charge >= 0.3 is 0 Å². The van der Waals surface area contributed by atoms with Crippen molar-refractivity contribution in [2.75, 3.05) is 0 Å². The molecule has 0 aliphatic rings. The van der Waals surface area contributed by atoms with Crippen LogP contribution >= 0.6 is 0 Å². The molecule has 3 nitrogen and oxygen atoms in total. The zero-order valence-electron chi connectivity index (χ0n) is 9.98. The first-order valence-electron chi connectivity index (χ1n) is 5.82. The molecule has 0 aliphatic heterocycles. The quantitative estimate of drug-likeness (QED) is 0.725. The first kappa shape index (κ1) is 11.5. The molecular formula is C15H11FN2O. The number of amides is 1. The zero-order valence-corrected chi connectivity index (χ0v) is 9.98. The molecule has 3 aromatic rings. The fourth-order valence-corrected chi connectivity index (χ4v) is 2.07. The van der Waals surface area contributed by atoms with E-state index >= 15 is 0 Å². The van der Waals surface area contributed by atoms with Crippen molar-refractivity contribution in [2.45, 2.75) is 0 Å². The van der Waals surface area contributed by atoms with E-state index in [0.717, 1.165) is 22.2 Å². The molecule has 4 heteroatoms. The fourth-order valence-electron chi connectivity index (χ4n) is 2.07. The largest absolute Gasteiger partial charge is 0.366 e. The molecule has 0 atom stereocenters. The van der Waals surface area contributed by atoms with Gasteiger partial charge in [-0.05, 0) is 48.0 Å². The van der Waals surface area contributed by atoms with Gasteiger partial charge in [0.2, 0.25) is 5.91 Å². The molecule has 1 heterocycles. The van der Waals surface area contributed by atoms with Crippen LogP contribution in [0.5, 0.6) is 0 Å². The van der Waals surface area contributed by atoms with Crippen molar-refractivity contribution in [3.63, 3.8) is 0 Å². The van der Waals surface area contributed by atoms with Gasteiger partial charge in [-0.2, -0.15) is 0 Å². The second-order valence-corrected chi connectivity index (χ2v) is 4.36. The van der Waals surface area contributed by atoms with Crippen LogP contribution in [0.1, 0.15) is 10.4 Å². The van der Waals surface area contributed by atoms with Crippen LogP contribution in [0.15, 0.2) is 48.5 Å². The smallest absolute Gasteiger partial charge is 0.248 e. The van der Waals surface area contributed by atoms with Crippen LogP contribution in [0.3, 0.4) is 0 Å². The van der Waals surface area contributed by atoms with Crippen molar-refractivity contribution < 1.29 is 9.18 Å². The lowest BCUT2D eigenvalue weighted by Gasteiger charge is -1.97. The summed E-state index contributed by atoms with van der Waals surface area (Å²) in [6.07, 6.45) is 0. The Balaban J connectivity index is 2.11. The van der Waals surface area contributed by atoms with Crippen molar-refractivity contribution >= 4 is 16.8 Å². The van der Waals surface area contributed by atoms with E-state index < -0.39 is 5.91 Å². The molecule has 3 rings (SSSR count). The Morgan fingerprint density at radius 1 is 1.05 bits per heavy atom. The minimum atomic E-state index is -0.458. The molecule has 2 aromatic carbocycles. The lowest BCUT2D eigenvalue weighted by Crippen LogP contribution is -2.10. The average molecular weight is 254 g/mol. The van der Waals surface area contributed by atoms with Crippen molar-refractivity contribution in [3.8, 4) is 11.3 Å². The van der Waals surface area contributed by atoms with Gasteiger partial charge in [0, 0.05) is 22.2 Å². The van der Waals surface area contributed by atoms with Crippen LogP contribution < -0.4 is 5.73 Å². The van der Waals surface area contributed by atoms with E-state index in [2.05, 4.69) is 4.98 Å². The van der Waals surface area contributed by atoms with Crippen LogP contribution in [-0.2, 0) is 0 Å². The van der Waals surface area contributed by atoms with Gasteiger partial charge < -0.3 is 10.7 Å². The minimum Gasteiger partial charge on any atom is -0.366 e. The number of H-pyrrole nitrogens is 1. The molecule has 19 heavy (non-hydrogen) atoms. The first-order valence-corrected chi connectivity index (χ1v) is 5.82. The molecule has 0 aliphatic carbocycles. The molecule has 0 spiro atoms. The second-order valence-electron chi connectivity index (χ2n) is 4.36. The van der Waals surface area contributed by atoms with Gasteiger partial charge in [-0.1, -0.05) is 6.07 Å². The molecule has 1 aromatic heterocycles. The monoisotopic (exact) mass is 254 g/mol. The predicted molar refractivity (Wildman–Crippen MR) is 72.2 cm³/mol. The van der Waals surface area contributed by atoms with Crippen molar-refractivity contribution in [2.24, 2.45) is 5.73 Å². The third-order valence-corrected chi connectivity index (χ3v) is 3.06. The Bertz CT molecular complexity index is 759. The Hall–Kier alpha value is -2.62. The van der Waals surface area contributed by atoms with Gasteiger partial charge in [0.25, 0.3) is 0 Å². The highest BCUT2D eigenvalue weighted by atomic mass is 19.1. The van der Waals surface area contributed by atoms with E-state index in [1.807, 2.05) is 12.1 Å². The summed E-state index contributed by atoms with van der Waals surface area (Å²) in [5, 5.41) is 0.976. The average Bonchev–Trinajstić information content (AvgIpc) is 2.82. The molecule has 3 N–H and O–H groups in total. The zero-order chi connectivity index (χ0) is 13.4. The number of carbonyl (C=O) groups excluding carboxylic acids is 1. The van der Waals surface area contributed by atoms with E-state index in [0.29, 0.717) is 5.56 Å². The van der Waals surface area contributed by atoms with Gasteiger partial charge in [0.1, 0.15) is 5.82 Å². The first-order chi connectivity index (χ1) is 9.13. The Labute approximate surface area is 108 Å². The SMILES string of the molecule is NC(=O)c1ccc2cc(-c3ccc(F)cc3)[nH]c2c1. The van der Waals surface area contributed by atoms with Gasteiger partial charge in [-0.3, -0.25) is 4.79 Å². The summed E-state index contributed by atoms with van der Waals surface area (Å²) in [6.45, 7) is 0. The molecule has 0 saturated carbocycles. The number of benzene rings is 2. The number of carbonyl (C=O) groups is 1. The lowest BCUT2D eigenvalue weighted by molar-refractivity contribution is 0.100. The maximum atomic E-state index is 12.9. The molecule has 0 bridgehead atoms. The number of hydrogen-bond acceptors (Lipinski definition) is 1. The number of nitrogens with one attached hydrogen (secondary N) is 1. The second kappa shape index (κ2) is 4.24. The van der Waals surface area contributed by atoms with E-state index in [-0.39, 0.29) is 5.82 Å². The maximum Gasteiger partial charge on any atom is 0.248 e. The number of primary amides is 1. The molecular weight excluding hydrogens is 243 g/mol. The van der Waals surface area contributed by atoms with Gasteiger partial charge in [0.15, 0.2) is 0 Å². The third-order valence-electron chi connectivity index (χ3n) is 3.06. The number of aromatic nitrogens is 1. The number of aromatic amines is 1. The van der Waals surface area contributed by atoms with E-state index in [9.17, 15) is 9.18 Å². The summed E-state index contributed by atoms with van der Waals surface area (Å²) >= 11 is 0. The lowest BCUT2D eigenvalue weighted by atomic mass is 10.1. The van der Waals surface area contributed by atoms with Crippen LogP contribution in [-0.4, -0.2) is 10.9 Å². The van der Waals surface area contributed by atoms with Crippen LogP contribution in [0.2, 0.25) is 0 Å². The maximum absolute atomic E-state index is 12.9. The molecule has 0 radical (unpaired) electrons. The van der Waals surface area contributed by atoms with Crippen LogP contribution in [0.25, 0.3) is 22.2 Å². The van der Waals surface area contributed by atoms with Crippen LogP contribution in [0.4, 0.5) is 4.39 Å². The van der Waals surface area contributed by atoms with Crippen LogP contribution in [0, 0.1) is 5.82 Å². The van der Waals surface area contributed by atoms with Gasteiger partial charge in [0.05, 0.1) is 0 Å². The number of hydrogen-bond donors (Lipinski definition) is 2. The summed E-state index contributed by atoms with van der Waals surface area (Å²) in [7, 11) is 0. The molecule has 1 amide bonds. The fraction of sp³-hybridized carbons (Fsp3) is 0. The van der Waals surface area contributed by atoms with Gasteiger partial charge in [-0.15, -0.1) is 0 Å². The highest BCUT2D eigenvalue weighted by Crippen LogP contribution is 2.25. The topological polar surface area (TPSA) is 58.9 Å². The Kier molecular flexibility index (Phi) is 2.56. The molecule has 0 unspecified atom stereocenters. The van der Waals surface area contributed by atoms with Crippen molar-refractivity contribution in [1.29, 1.82) is 0 Å². The summed E-state index contributed by atoms with van der Waals surface area (Å²) in [5.41, 5.74) is 8.29. The molecule has 94 valence electrons. The number of nitrogens with two attached hydrogens (primary N) is 1. The summed E-state index contributed by atoms with van der Waals surface area (Å²) in [5.74, 6) is -0.726. The summed E-state index contributed by atoms with van der Waals surface area (Å²) < 4.78 is 12.9. The summed E-state index contributed by atoms with van der Waals surface area (Å²) in [6, 6.07) is 13.4. The highest BCUT2D eigenvalue weighted by Gasteiger charge is 2.06. The molecule has 0 saturated heterocycles. The third kappa shape index (κ3) is 2.08. The van der Waals surface area contributed by atoms with Gasteiger partial charge in [-0.25, -0.2) is 4.39 Å². The number of rotatable bonds is 2. The predicted octanol–water partition coefficient (Wildman–Crippen LogP) is 3.07. The van der Waals surface area contributed by atoms with E-state index in [1.165, 1.54) is 12.1 Å². The normalized spacial score (nSPS) is 10.8. The number of halogens is 1. The standard InChI is InChI=1S/C15H11FN2O/c16-12-5-3-9(4-6-12)13-7-10-1-2-11(15(17)19)8-14(10)18-13/h1-8,18H,(H2,17,19). The van der Waals surface area contributed by atoms with E-state index in [4.69, 9.17) is 5.73 Å². The van der Waals surface area contributed by atoms with Crippen molar-refractivity contribution in [1.82, 2.24) is 4.98 Å². The Morgan fingerprint density at radius 3 is 2.47 bits per heavy atom.